The molecule has 8 heteroatoms. The Hall–Kier alpha value is -3.39. The summed E-state index contributed by atoms with van der Waals surface area (Å²) in [5.74, 6) is -1.41. The molecule has 2 aromatic rings. The van der Waals surface area contributed by atoms with Crippen LogP contribution in [0.4, 0.5) is 0 Å². The van der Waals surface area contributed by atoms with Crippen LogP contribution in [0.5, 0.6) is 5.75 Å². The summed E-state index contributed by atoms with van der Waals surface area (Å²) in [5.41, 5.74) is 1.39. The van der Waals surface area contributed by atoms with E-state index in [1.807, 2.05) is 30.3 Å². The number of carbonyl (C=O) groups excluding carboxylic acids is 3. The molecule has 0 spiro atoms. The van der Waals surface area contributed by atoms with E-state index in [-0.39, 0.29) is 18.9 Å². The highest BCUT2D eigenvalue weighted by Crippen LogP contribution is 2.24. The Morgan fingerprint density at radius 2 is 1.81 bits per heavy atom. The molecular formula is C23H26N2O6. The van der Waals surface area contributed by atoms with Gasteiger partial charge in [0.1, 0.15) is 11.9 Å². The number of hydrogen-bond acceptors (Lipinski definition) is 6. The van der Waals surface area contributed by atoms with E-state index in [0.29, 0.717) is 17.9 Å². The number of carbonyl (C=O) groups is 3. The number of esters is 1. The number of amides is 2. The average molecular weight is 426 g/mol. The van der Waals surface area contributed by atoms with Gasteiger partial charge in [-0.2, -0.15) is 0 Å². The van der Waals surface area contributed by atoms with Gasteiger partial charge in [0.25, 0.3) is 0 Å². The lowest BCUT2D eigenvalue weighted by atomic mass is 10.0. The van der Waals surface area contributed by atoms with E-state index in [2.05, 4.69) is 5.32 Å². The molecule has 3 rings (SSSR count). The smallest absolute Gasteiger partial charge is 0.331 e. The molecular weight excluding hydrogens is 400 g/mol. The maximum Gasteiger partial charge on any atom is 0.331 e. The predicted octanol–water partition coefficient (Wildman–Crippen LogP) is 1.44. The largest absolute Gasteiger partial charge is 0.497 e. The van der Waals surface area contributed by atoms with Crippen molar-refractivity contribution in [3.8, 4) is 5.75 Å². The molecule has 3 unspecified atom stereocenters. The molecule has 0 aliphatic carbocycles. The minimum Gasteiger partial charge on any atom is -0.497 e. The molecule has 164 valence electrons. The molecule has 1 aliphatic heterocycles. The van der Waals surface area contributed by atoms with Crippen molar-refractivity contribution in [2.24, 2.45) is 5.92 Å². The van der Waals surface area contributed by atoms with Gasteiger partial charge in [0, 0.05) is 19.5 Å². The van der Waals surface area contributed by atoms with Crippen molar-refractivity contribution in [2.75, 3.05) is 20.8 Å². The Morgan fingerprint density at radius 1 is 1.13 bits per heavy atom. The lowest BCUT2D eigenvalue weighted by Crippen LogP contribution is -2.48. The van der Waals surface area contributed by atoms with Gasteiger partial charge in [-0.15, -0.1) is 0 Å². The maximum atomic E-state index is 12.8. The third kappa shape index (κ3) is 5.40. The number of nitrogens with zero attached hydrogens (tertiary/aromatic N) is 1. The highest BCUT2D eigenvalue weighted by Gasteiger charge is 2.38. The minimum absolute atomic E-state index is 0.0468. The Bertz CT molecular complexity index is 915. The first-order valence-electron chi connectivity index (χ1n) is 9.95. The summed E-state index contributed by atoms with van der Waals surface area (Å²) in [6.45, 7) is 0.657. The maximum absolute atomic E-state index is 12.8. The number of methoxy groups -OCH3 is 2. The highest BCUT2D eigenvalue weighted by atomic mass is 16.5. The lowest BCUT2D eigenvalue weighted by Gasteiger charge is -2.24. The van der Waals surface area contributed by atoms with Gasteiger partial charge in [-0.3, -0.25) is 9.59 Å². The van der Waals surface area contributed by atoms with Crippen LogP contribution in [-0.2, 0) is 25.7 Å². The molecule has 1 fully saturated rings. The van der Waals surface area contributed by atoms with E-state index >= 15 is 0 Å². The third-order valence-electron chi connectivity index (χ3n) is 5.33. The molecule has 0 radical (unpaired) electrons. The molecule has 2 aromatic carbocycles. The second-order valence-electron chi connectivity index (χ2n) is 7.39. The highest BCUT2D eigenvalue weighted by molar-refractivity contribution is 5.91. The van der Waals surface area contributed by atoms with Gasteiger partial charge in [0.05, 0.1) is 20.1 Å². The molecule has 0 aromatic heterocycles. The molecule has 3 atom stereocenters. The van der Waals surface area contributed by atoms with Gasteiger partial charge in [0.15, 0.2) is 6.04 Å². The second-order valence-corrected chi connectivity index (χ2v) is 7.39. The van der Waals surface area contributed by atoms with Crippen LogP contribution in [0.3, 0.4) is 0 Å². The number of nitrogens with one attached hydrogen (secondary N) is 1. The van der Waals surface area contributed by atoms with Crippen molar-refractivity contribution in [3.05, 3.63) is 65.7 Å². The first-order chi connectivity index (χ1) is 14.9. The van der Waals surface area contributed by atoms with Gasteiger partial charge >= 0.3 is 5.97 Å². The summed E-state index contributed by atoms with van der Waals surface area (Å²) in [6, 6.07) is 14.7. The standard InChI is InChI=1S/C23H26N2O6/c1-30-18-10-8-16(9-11-18)21(27)20(23(29)31-2)24-22(28)17-12-19(26)25(14-17)13-15-6-4-3-5-7-15/h3-11,17,20-21,27H,12-14H2,1-2H3,(H,24,28). The van der Waals surface area contributed by atoms with Gasteiger partial charge in [-0.25, -0.2) is 4.79 Å². The molecule has 0 bridgehead atoms. The molecule has 2 amide bonds. The normalized spacial score (nSPS) is 17.7. The summed E-state index contributed by atoms with van der Waals surface area (Å²) in [7, 11) is 2.70. The number of hydrogen-bond donors (Lipinski definition) is 2. The van der Waals surface area contributed by atoms with Crippen LogP contribution in [0, 0.1) is 5.92 Å². The zero-order valence-corrected chi connectivity index (χ0v) is 17.5. The van der Waals surface area contributed by atoms with Crippen LogP contribution in [0.25, 0.3) is 0 Å². The fraction of sp³-hybridized carbons (Fsp3) is 0.348. The first-order valence-corrected chi connectivity index (χ1v) is 9.95. The molecule has 1 saturated heterocycles. The van der Waals surface area contributed by atoms with E-state index in [4.69, 9.17) is 9.47 Å². The molecule has 2 N–H and O–H groups in total. The summed E-state index contributed by atoms with van der Waals surface area (Å²) in [5, 5.41) is 13.3. The topological polar surface area (TPSA) is 105 Å². The van der Waals surface area contributed by atoms with E-state index in [1.165, 1.54) is 14.2 Å². The molecule has 0 saturated carbocycles. The number of rotatable bonds is 8. The summed E-state index contributed by atoms with van der Waals surface area (Å²) in [6.07, 6.45) is -1.27. The monoisotopic (exact) mass is 426 g/mol. The van der Waals surface area contributed by atoms with E-state index in [1.54, 1.807) is 29.2 Å². The van der Waals surface area contributed by atoms with Crippen molar-refractivity contribution in [3.63, 3.8) is 0 Å². The minimum atomic E-state index is -1.32. The van der Waals surface area contributed by atoms with Crippen LogP contribution < -0.4 is 10.1 Å². The number of benzene rings is 2. The van der Waals surface area contributed by atoms with Crippen molar-refractivity contribution in [1.82, 2.24) is 10.2 Å². The number of likely N-dealkylation sites (tertiary alicyclic amines) is 1. The summed E-state index contributed by atoms with van der Waals surface area (Å²) < 4.78 is 9.86. The van der Waals surface area contributed by atoms with Crippen LogP contribution in [0.15, 0.2) is 54.6 Å². The zero-order chi connectivity index (χ0) is 22.4. The van der Waals surface area contributed by atoms with Gasteiger partial charge < -0.3 is 24.8 Å². The number of aliphatic hydroxyl groups is 1. The fourth-order valence-electron chi connectivity index (χ4n) is 3.56. The van der Waals surface area contributed by atoms with E-state index in [9.17, 15) is 19.5 Å². The predicted molar refractivity (Wildman–Crippen MR) is 112 cm³/mol. The molecule has 31 heavy (non-hydrogen) atoms. The van der Waals surface area contributed by atoms with Crippen LogP contribution >= 0.6 is 0 Å². The lowest BCUT2D eigenvalue weighted by molar-refractivity contribution is -0.149. The number of ether oxygens (including phenoxy) is 2. The summed E-state index contributed by atoms with van der Waals surface area (Å²) in [4.78, 5) is 39.1. The van der Waals surface area contributed by atoms with Gasteiger partial charge in [-0.1, -0.05) is 42.5 Å². The molecule has 1 heterocycles. The quantitative estimate of drug-likeness (QED) is 0.619. The van der Waals surface area contributed by atoms with E-state index in [0.717, 1.165) is 5.56 Å². The summed E-state index contributed by atoms with van der Waals surface area (Å²) >= 11 is 0. The molecule has 1 aliphatic rings. The first kappa shape index (κ1) is 22.3. The van der Waals surface area contributed by atoms with Crippen molar-refractivity contribution < 1.29 is 29.0 Å². The van der Waals surface area contributed by atoms with Crippen molar-refractivity contribution in [2.45, 2.75) is 25.1 Å². The van der Waals surface area contributed by atoms with Gasteiger partial charge in [-0.05, 0) is 23.3 Å². The zero-order valence-electron chi connectivity index (χ0n) is 17.5. The van der Waals surface area contributed by atoms with E-state index < -0.39 is 29.9 Å². The average Bonchev–Trinajstić information content (AvgIpc) is 3.17. The Morgan fingerprint density at radius 3 is 2.42 bits per heavy atom. The van der Waals surface area contributed by atoms with Crippen LogP contribution in [-0.4, -0.2) is 54.6 Å². The third-order valence-corrected chi connectivity index (χ3v) is 5.33. The Kier molecular flexibility index (Phi) is 7.25. The van der Waals surface area contributed by atoms with Crippen molar-refractivity contribution in [1.29, 1.82) is 0 Å². The SMILES string of the molecule is COC(=O)C(NC(=O)C1CC(=O)N(Cc2ccccc2)C1)C(O)c1ccc(OC)cc1. The van der Waals surface area contributed by atoms with Crippen LogP contribution in [0.1, 0.15) is 23.7 Å². The van der Waals surface area contributed by atoms with Gasteiger partial charge in [0.2, 0.25) is 11.8 Å². The molecule has 8 nitrogen and oxygen atoms in total. The Labute approximate surface area is 180 Å². The second kappa shape index (κ2) is 10.1. The van der Waals surface area contributed by atoms with Crippen molar-refractivity contribution >= 4 is 17.8 Å². The Balaban J connectivity index is 1.67. The van der Waals surface area contributed by atoms with Crippen LogP contribution in [0.2, 0.25) is 0 Å². The fourth-order valence-corrected chi connectivity index (χ4v) is 3.56. The number of aliphatic hydroxyl groups excluding tert-OH is 1.